The lowest BCUT2D eigenvalue weighted by Crippen LogP contribution is -2.45. The molecule has 0 saturated heterocycles. The van der Waals surface area contributed by atoms with Gasteiger partial charge < -0.3 is 14.8 Å². The Hall–Kier alpha value is -4.97. The number of carbonyl (C=O) groups excluding carboxylic acids is 1. The summed E-state index contributed by atoms with van der Waals surface area (Å²) in [5, 5.41) is 5.47. The molecule has 0 atom stereocenters. The number of benzene rings is 4. The molecular weight excluding hydrogens is 498 g/mol. The van der Waals surface area contributed by atoms with E-state index in [1.807, 2.05) is 85.8 Å². The summed E-state index contributed by atoms with van der Waals surface area (Å²) in [6.45, 7) is 4.11. The van der Waals surface area contributed by atoms with Gasteiger partial charge in [0, 0.05) is 11.1 Å². The first kappa shape index (κ1) is 25.3. The van der Waals surface area contributed by atoms with Gasteiger partial charge in [-0.05, 0) is 72.3 Å². The molecule has 1 N–H and O–H groups in total. The van der Waals surface area contributed by atoms with Gasteiger partial charge >= 0.3 is 5.97 Å². The number of hydrogen-bond acceptors (Lipinski definition) is 6. The first-order valence-electron chi connectivity index (χ1n) is 13.3. The van der Waals surface area contributed by atoms with Gasteiger partial charge in [-0.1, -0.05) is 66.7 Å². The SMILES string of the molecule is CCOC(=O)c1cc2c(C)ccc3c2c(n1)C(c1ccccc1)(c1ccccc1)C(Nc1ccc(OC)cc1)=N3. The predicted molar refractivity (Wildman–Crippen MR) is 159 cm³/mol. The van der Waals surface area contributed by atoms with Gasteiger partial charge in [0.2, 0.25) is 0 Å². The van der Waals surface area contributed by atoms with E-state index in [9.17, 15) is 4.79 Å². The molecule has 40 heavy (non-hydrogen) atoms. The van der Waals surface area contributed by atoms with Crippen molar-refractivity contribution in [3.63, 3.8) is 0 Å². The van der Waals surface area contributed by atoms with Crippen molar-refractivity contribution >= 4 is 34.0 Å². The number of amidine groups is 1. The minimum absolute atomic E-state index is 0.265. The summed E-state index contributed by atoms with van der Waals surface area (Å²) in [4.78, 5) is 23.5. The van der Waals surface area contributed by atoms with Crippen LogP contribution in [0.3, 0.4) is 0 Å². The maximum Gasteiger partial charge on any atom is 0.356 e. The van der Waals surface area contributed by atoms with Crippen LogP contribution in [-0.2, 0) is 10.2 Å². The highest BCUT2D eigenvalue weighted by molar-refractivity contribution is 6.17. The summed E-state index contributed by atoms with van der Waals surface area (Å²) in [7, 11) is 1.65. The molecule has 5 aromatic rings. The van der Waals surface area contributed by atoms with Crippen molar-refractivity contribution in [1.82, 2.24) is 4.98 Å². The molecule has 0 saturated carbocycles. The number of pyridine rings is 1. The minimum Gasteiger partial charge on any atom is -0.497 e. The number of anilines is 1. The fourth-order valence-corrected chi connectivity index (χ4v) is 5.51. The molecule has 0 fully saturated rings. The lowest BCUT2D eigenvalue weighted by Gasteiger charge is -2.39. The predicted octanol–water partition coefficient (Wildman–Crippen LogP) is 7.22. The number of aryl methyl sites for hydroxylation is 1. The zero-order valence-corrected chi connectivity index (χ0v) is 22.6. The zero-order chi connectivity index (χ0) is 27.7. The van der Waals surface area contributed by atoms with E-state index in [-0.39, 0.29) is 12.3 Å². The lowest BCUT2D eigenvalue weighted by atomic mass is 9.68. The van der Waals surface area contributed by atoms with Crippen molar-refractivity contribution in [2.75, 3.05) is 19.0 Å². The first-order valence-corrected chi connectivity index (χ1v) is 13.3. The van der Waals surface area contributed by atoms with Crippen LogP contribution in [0.25, 0.3) is 10.8 Å². The smallest absolute Gasteiger partial charge is 0.356 e. The van der Waals surface area contributed by atoms with Crippen molar-refractivity contribution < 1.29 is 14.3 Å². The molecule has 0 amide bonds. The summed E-state index contributed by atoms with van der Waals surface area (Å²) in [6, 6.07) is 34.0. The molecule has 4 aromatic carbocycles. The lowest BCUT2D eigenvalue weighted by molar-refractivity contribution is 0.0519. The molecule has 198 valence electrons. The van der Waals surface area contributed by atoms with Crippen LogP contribution in [0.4, 0.5) is 11.4 Å². The summed E-state index contributed by atoms with van der Waals surface area (Å²) in [5.74, 6) is 0.994. The molecule has 1 aliphatic heterocycles. The van der Waals surface area contributed by atoms with Crippen molar-refractivity contribution in [3.05, 3.63) is 131 Å². The van der Waals surface area contributed by atoms with Crippen LogP contribution in [0.5, 0.6) is 5.75 Å². The van der Waals surface area contributed by atoms with E-state index in [1.165, 1.54) is 0 Å². The molecule has 0 bridgehead atoms. The van der Waals surface area contributed by atoms with E-state index in [0.29, 0.717) is 5.84 Å². The van der Waals surface area contributed by atoms with Crippen LogP contribution in [0.2, 0.25) is 0 Å². The number of ether oxygens (including phenoxy) is 2. The summed E-state index contributed by atoms with van der Waals surface area (Å²) >= 11 is 0. The van der Waals surface area contributed by atoms with Gasteiger partial charge in [-0.3, -0.25) is 0 Å². The van der Waals surface area contributed by atoms with Gasteiger partial charge in [-0.2, -0.15) is 0 Å². The number of rotatable bonds is 6. The van der Waals surface area contributed by atoms with E-state index in [0.717, 1.165) is 50.3 Å². The number of aromatic nitrogens is 1. The molecule has 6 nitrogen and oxygen atoms in total. The van der Waals surface area contributed by atoms with E-state index in [2.05, 4.69) is 29.6 Å². The average molecular weight is 528 g/mol. The van der Waals surface area contributed by atoms with Crippen LogP contribution < -0.4 is 10.1 Å². The van der Waals surface area contributed by atoms with Crippen LogP contribution in [0.1, 0.15) is 39.8 Å². The van der Waals surface area contributed by atoms with Crippen molar-refractivity contribution in [1.29, 1.82) is 0 Å². The monoisotopic (exact) mass is 527 g/mol. The van der Waals surface area contributed by atoms with Crippen molar-refractivity contribution in [2.24, 2.45) is 4.99 Å². The molecule has 0 radical (unpaired) electrons. The van der Waals surface area contributed by atoms with Gasteiger partial charge in [0.25, 0.3) is 0 Å². The largest absolute Gasteiger partial charge is 0.497 e. The number of aliphatic imine (C=N–C) groups is 1. The second-order valence-corrected chi connectivity index (χ2v) is 9.70. The zero-order valence-electron chi connectivity index (χ0n) is 22.6. The van der Waals surface area contributed by atoms with Gasteiger partial charge in [0.15, 0.2) is 0 Å². The highest BCUT2D eigenvalue weighted by atomic mass is 16.5. The average Bonchev–Trinajstić information content (AvgIpc) is 3.00. The van der Waals surface area contributed by atoms with E-state index >= 15 is 0 Å². The third-order valence-corrected chi connectivity index (χ3v) is 7.39. The van der Waals surface area contributed by atoms with E-state index in [4.69, 9.17) is 19.5 Å². The van der Waals surface area contributed by atoms with Gasteiger partial charge in [-0.25, -0.2) is 14.8 Å². The first-order chi connectivity index (χ1) is 19.6. The Morgan fingerprint density at radius 2 is 1.52 bits per heavy atom. The molecule has 0 unspecified atom stereocenters. The number of carbonyl (C=O) groups is 1. The number of nitrogens with zero attached hydrogens (tertiary/aromatic N) is 2. The summed E-state index contributed by atoms with van der Waals surface area (Å²) in [5.41, 5.74) is 4.67. The highest BCUT2D eigenvalue weighted by Gasteiger charge is 2.47. The summed E-state index contributed by atoms with van der Waals surface area (Å²) in [6.07, 6.45) is 0. The molecule has 0 spiro atoms. The Labute approximate surface area is 233 Å². The number of esters is 1. The Morgan fingerprint density at radius 3 is 2.12 bits per heavy atom. The summed E-state index contributed by atoms with van der Waals surface area (Å²) < 4.78 is 10.8. The standard InChI is InChI=1S/C34H29N3O3/c1-4-40-32(38)29-21-27-22(2)15-20-28-30(27)31(36-29)34(23-11-7-5-8-12-23,24-13-9-6-10-14-24)33(37-28)35-25-16-18-26(39-3)19-17-25/h5-21H,4H2,1-3H3,(H,35,37). The minimum atomic E-state index is -0.954. The number of hydrogen-bond donors (Lipinski definition) is 1. The van der Waals surface area contributed by atoms with Crippen LogP contribution in [0, 0.1) is 6.92 Å². The number of nitrogens with one attached hydrogen (secondary N) is 1. The molecule has 0 aliphatic carbocycles. The normalized spacial score (nSPS) is 13.4. The second-order valence-electron chi connectivity index (χ2n) is 9.70. The quantitative estimate of drug-likeness (QED) is 0.236. The topological polar surface area (TPSA) is 72.8 Å². The molecule has 2 heterocycles. The highest BCUT2D eigenvalue weighted by Crippen LogP contribution is 2.49. The van der Waals surface area contributed by atoms with Crippen LogP contribution >= 0.6 is 0 Å². The second kappa shape index (κ2) is 10.3. The molecule has 1 aromatic heterocycles. The fraction of sp³-hybridized carbons (Fsp3) is 0.147. The molecule has 1 aliphatic rings. The van der Waals surface area contributed by atoms with Crippen LogP contribution in [0.15, 0.2) is 108 Å². The van der Waals surface area contributed by atoms with Crippen molar-refractivity contribution in [2.45, 2.75) is 19.3 Å². The Morgan fingerprint density at radius 1 is 0.875 bits per heavy atom. The van der Waals surface area contributed by atoms with Gasteiger partial charge in [-0.15, -0.1) is 0 Å². The molecule has 6 heteroatoms. The Bertz CT molecular complexity index is 1690. The maximum atomic E-state index is 13.1. The van der Waals surface area contributed by atoms with Gasteiger partial charge in [0.1, 0.15) is 22.7 Å². The van der Waals surface area contributed by atoms with Crippen LogP contribution in [-0.4, -0.2) is 30.5 Å². The Balaban J connectivity index is 1.73. The van der Waals surface area contributed by atoms with E-state index in [1.54, 1.807) is 14.0 Å². The number of methoxy groups -OCH3 is 1. The Kier molecular flexibility index (Phi) is 6.52. The van der Waals surface area contributed by atoms with Gasteiger partial charge in [0.05, 0.1) is 25.1 Å². The molecule has 6 rings (SSSR count). The fourth-order valence-electron chi connectivity index (χ4n) is 5.51. The third-order valence-electron chi connectivity index (χ3n) is 7.39. The maximum absolute atomic E-state index is 13.1. The van der Waals surface area contributed by atoms with E-state index < -0.39 is 11.4 Å². The third kappa shape index (κ3) is 4.09. The molecular formula is C34H29N3O3. The van der Waals surface area contributed by atoms with Crippen molar-refractivity contribution in [3.8, 4) is 5.75 Å².